The maximum atomic E-state index is 11.2. The van der Waals surface area contributed by atoms with Crippen LogP contribution < -0.4 is 5.73 Å². The van der Waals surface area contributed by atoms with E-state index in [2.05, 4.69) is 4.98 Å². The molecule has 4 nitrogen and oxygen atoms in total. The average molecular weight is 211 g/mol. The van der Waals surface area contributed by atoms with E-state index in [0.717, 1.165) is 4.90 Å². The number of rotatable bonds is 3. The Morgan fingerprint density at radius 2 is 2.29 bits per heavy atom. The summed E-state index contributed by atoms with van der Waals surface area (Å²) in [6.45, 7) is 0. The fourth-order valence-electron chi connectivity index (χ4n) is 0.751. The van der Waals surface area contributed by atoms with Gasteiger partial charge in [-0.05, 0) is 12.1 Å². The molecular weight excluding hydrogens is 198 g/mol. The summed E-state index contributed by atoms with van der Waals surface area (Å²) in [6.07, 6.45) is 1.67. The summed E-state index contributed by atoms with van der Waals surface area (Å²) in [5.41, 5.74) is 5.44. The molecule has 0 spiro atoms. The number of thioether (sulfide) groups is 1. The minimum absolute atomic E-state index is 0.0897. The van der Waals surface area contributed by atoms with Crippen molar-refractivity contribution in [2.45, 2.75) is 4.90 Å². The highest BCUT2D eigenvalue weighted by Crippen LogP contribution is 2.17. The molecule has 0 radical (unpaired) electrons. The number of hydrogen-bond acceptors (Lipinski definition) is 4. The largest absolute Gasteiger partial charge is 0.384 e. The van der Waals surface area contributed by atoms with Crippen LogP contribution in [0.2, 0.25) is 0 Å². The summed E-state index contributed by atoms with van der Waals surface area (Å²) in [5.74, 6) is 1.01. The predicted molar refractivity (Wildman–Crippen MR) is 58.1 cm³/mol. The van der Waals surface area contributed by atoms with Crippen molar-refractivity contribution in [3.63, 3.8) is 0 Å². The second kappa shape index (κ2) is 4.85. The number of nitrogens with zero attached hydrogens (tertiary/aromatic N) is 2. The first-order valence-electron chi connectivity index (χ1n) is 4.14. The molecule has 2 N–H and O–H groups in total. The van der Waals surface area contributed by atoms with E-state index in [0.29, 0.717) is 11.6 Å². The van der Waals surface area contributed by atoms with E-state index in [1.165, 1.54) is 11.8 Å². The molecule has 0 atom stereocenters. The second-order valence-electron chi connectivity index (χ2n) is 3.00. The normalized spacial score (nSPS) is 9.86. The fraction of sp³-hybridized carbons (Fsp3) is 0.333. The van der Waals surface area contributed by atoms with Gasteiger partial charge in [0.15, 0.2) is 0 Å². The lowest BCUT2D eigenvalue weighted by Crippen LogP contribution is -2.23. The molecule has 5 heteroatoms. The van der Waals surface area contributed by atoms with Crippen LogP contribution in [-0.2, 0) is 4.79 Å². The maximum Gasteiger partial charge on any atom is 0.232 e. The first kappa shape index (κ1) is 10.8. The van der Waals surface area contributed by atoms with E-state index in [9.17, 15) is 4.79 Å². The lowest BCUT2D eigenvalue weighted by Gasteiger charge is -2.09. The van der Waals surface area contributed by atoms with Crippen molar-refractivity contribution in [1.29, 1.82) is 0 Å². The molecule has 0 bridgehead atoms. The summed E-state index contributed by atoms with van der Waals surface area (Å²) >= 11 is 1.46. The van der Waals surface area contributed by atoms with E-state index in [1.807, 2.05) is 6.07 Å². The molecule has 0 aliphatic carbocycles. The van der Waals surface area contributed by atoms with E-state index < -0.39 is 0 Å². The molecule has 1 aromatic heterocycles. The molecule has 0 saturated carbocycles. The van der Waals surface area contributed by atoms with Gasteiger partial charge in [-0.15, -0.1) is 11.8 Å². The van der Waals surface area contributed by atoms with Gasteiger partial charge in [0, 0.05) is 25.2 Å². The molecule has 1 amide bonds. The molecule has 0 unspecified atom stereocenters. The zero-order valence-corrected chi connectivity index (χ0v) is 9.04. The third-order valence-corrected chi connectivity index (χ3v) is 2.59. The van der Waals surface area contributed by atoms with Gasteiger partial charge in [-0.1, -0.05) is 0 Å². The highest BCUT2D eigenvalue weighted by Gasteiger charge is 2.04. The number of amides is 1. The quantitative estimate of drug-likeness (QED) is 0.753. The Morgan fingerprint density at radius 3 is 2.79 bits per heavy atom. The van der Waals surface area contributed by atoms with Crippen LogP contribution >= 0.6 is 11.8 Å². The molecular formula is C9H13N3OS. The Kier molecular flexibility index (Phi) is 3.76. The number of nitrogens with two attached hydrogens (primary N) is 1. The van der Waals surface area contributed by atoms with Crippen molar-refractivity contribution >= 4 is 23.5 Å². The standard InChI is InChI=1S/C9H13N3OS/c1-12(2)9(13)6-14-7-3-4-8(10)11-5-7/h3-5H,6H2,1-2H3,(H2,10,11). The summed E-state index contributed by atoms with van der Waals surface area (Å²) in [6, 6.07) is 3.58. The number of anilines is 1. The maximum absolute atomic E-state index is 11.2. The van der Waals surface area contributed by atoms with Crippen LogP contribution in [0.25, 0.3) is 0 Å². The minimum atomic E-state index is 0.0897. The minimum Gasteiger partial charge on any atom is -0.384 e. The molecule has 0 saturated heterocycles. The molecule has 1 rings (SSSR count). The number of aromatic nitrogens is 1. The number of nitrogen functional groups attached to an aromatic ring is 1. The summed E-state index contributed by atoms with van der Waals surface area (Å²) in [4.78, 5) is 17.7. The highest BCUT2D eigenvalue weighted by molar-refractivity contribution is 8.00. The summed E-state index contributed by atoms with van der Waals surface area (Å²) in [5, 5.41) is 0. The Hall–Kier alpha value is -1.23. The second-order valence-corrected chi connectivity index (χ2v) is 4.04. The highest BCUT2D eigenvalue weighted by atomic mass is 32.2. The number of carbonyl (C=O) groups is 1. The van der Waals surface area contributed by atoms with Gasteiger partial charge in [-0.25, -0.2) is 4.98 Å². The van der Waals surface area contributed by atoms with Crippen molar-refractivity contribution in [3.8, 4) is 0 Å². The van der Waals surface area contributed by atoms with Gasteiger partial charge >= 0.3 is 0 Å². The van der Waals surface area contributed by atoms with Crippen LogP contribution in [0.4, 0.5) is 5.82 Å². The van der Waals surface area contributed by atoms with Crippen LogP contribution in [0.15, 0.2) is 23.2 Å². The lowest BCUT2D eigenvalue weighted by atomic mass is 10.5. The third kappa shape index (κ3) is 3.26. The average Bonchev–Trinajstić information content (AvgIpc) is 2.16. The lowest BCUT2D eigenvalue weighted by molar-refractivity contribution is -0.125. The van der Waals surface area contributed by atoms with Gasteiger partial charge in [-0.3, -0.25) is 4.79 Å². The predicted octanol–water partition coefficient (Wildman–Crippen LogP) is 0.844. The Bertz CT molecular complexity index is 310. The molecule has 0 aliphatic rings. The summed E-state index contributed by atoms with van der Waals surface area (Å²) < 4.78 is 0. The first-order valence-corrected chi connectivity index (χ1v) is 5.12. The molecule has 76 valence electrons. The molecule has 1 heterocycles. The van der Waals surface area contributed by atoms with Crippen molar-refractivity contribution in [2.75, 3.05) is 25.6 Å². The molecule has 0 fully saturated rings. The van der Waals surface area contributed by atoms with Gasteiger partial charge in [0.1, 0.15) is 5.82 Å². The Balaban J connectivity index is 2.46. The van der Waals surface area contributed by atoms with Gasteiger partial charge in [0.2, 0.25) is 5.91 Å². The zero-order chi connectivity index (χ0) is 10.6. The van der Waals surface area contributed by atoms with Crippen molar-refractivity contribution in [2.24, 2.45) is 0 Å². The van der Waals surface area contributed by atoms with E-state index >= 15 is 0 Å². The number of carbonyl (C=O) groups excluding carboxylic acids is 1. The van der Waals surface area contributed by atoms with Crippen molar-refractivity contribution in [1.82, 2.24) is 9.88 Å². The van der Waals surface area contributed by atoms with Crippen LogP contribution in [0, 0.1) is 0 Å². The van der Waals surface area contributed by atoms with E-state index in [1.54, 1.807) is 31.3 Å². The van der Waals surface area contributed by atoms with Crippen LogP contribution in [0.3, 0.4) is 0 Å². The Labute approximate surface area is 87.5 Å². The summed E-state index contributed by atoms with van der Waals surface area (Å²) in [7, 11) is 3.48. The number of hydrogen-bond donors (Lipinski definition) is 1. The molecule has 0 aromatic carbocycles. The fourth-order valence-corrected chi connectivity index (χ4v) is 1.59. The van der Waals surface area contributed by atoms with Crippen LogP contribution in [0.1, 0.15) is 0 Å². The van der Waals surface area contributed by atoms with Gasteiger partial charge in [0.05, 0.1) is 5.75 Å². The molecule has 1 aromatic rings. The van der Waals surface area contributed by atoms with Crippen LogP contribution in [-0.4, -0.2) is 35.6 Å². The van der Waals surface area contributed by atoms with E-state index in [-0.39, 0.29) is 5.91 Å². The molecule has 0 aliphatic heterocycles. The van der Waals surface area contributed by atoms with Crippen molar-refractivity contribution < 1.29 is 4.79 Å². The van der Waals surface area contributed by atoms with Crippen LogP contribution in [0.5, 0.6) is 0 Å². The topological polar surface area (TPSA) is 59.2 Å². The molecule has 14 heavy (non-hydrogen) atoms. The van der Waals surface area contributed by atoms with Gasteiger partial charge in [0.25, 0.3) is 0 Å². The number of pyridine rings is 1. The van der Waals surface area contributed by atoms with Crippen molar-refractivity contribution in [3.05, 3.63) is 18.3 Å². The Morgan fingerprint density at radius 1 is 1.57 bits per heavy atom. The monoisotopic (exact) mass is 211 g/mol. The third-order valence-electron chi connectivity index (χ3n) is 1.62. The zero-order valence-electron chi connectivity index (χ0n) is 8.23. The van der Waals surface area contributed by atoms with Gasteiger partial charge in [-0.2, -0.15) is 0 Å². The van der Waals surface area contributed by atoms with Gasteiger partial charge < -0.3 is 10.6 Å². The smallest absolute Gasteiger partial charge is 0.232 e. The van der Waals surface area contributed by atoms with E-state index in [4.69, 9.17) is 5.73 Å². The SMILES string of the molecule is CN(C)C(=O)CSc1ccc(N)nc1. The first-order chi connectivity index (χ1) is 6.59.